The third kappa shape index (κ3) is 4.15. The number of carbonyl (C=O) groups excluding carboxylic acids is 1. The van der Waals surface area contributed by atoms with Gasteiger partial charge in [0.15, 0.2) is 0 Å². The van der Waals surface area contributed by atoms with Crippen LogP contribution in [-0.4, -0.2) is 49.9 Å². The molecule has 0 radical (unpaired) electrons. The van der Waals surface area contributed by atoms with Crippen molar-refractivity contribution in [2.45, 2.75) is 6.42 Å². The molecule has 0 aliphatic carbocycles. The predicted octanol–water partition coefficient (Wildman–Crippen LogP) is 1.85. The van der Waals surface area contributed by atoms with Crippen molar-refractivity contribution in [1.29, 1.82) is 0 Å². The highest BCUT2D eigenvalue weighted by Gasteiger charge is 2.14. The lowest BCUT2D eigenvalue weighted by atomic mass is 10.2. The van der Waals surface area contributed by atoms with Crippen LogP contribution in [-0.2, 0) is 0 Å². The molecule has 1 aromatic carbocycles. The fourth-order valence-corrected chi connectivity index (χ4v) is 1.57. The van der Waals surface area contributed by atoms with Crippen molar-refractivity contribution in [3.63, 3.8) is 0 Å². The normalized spacial score (nSPS) is 10.6. The lowest BCUT2D eigenvalue weighted by Gasteiger charge is -2.18. The van der Waals surface area contributed by atoms with Gasteiger partial charge in [-0.05, 0) is 39.2 Å². The van der Waals surface area contributed by atoms with E-state index in [0.717, 1.165) is 13.0 Å². The van der Waals surface area contributed by atoms with Gasteiger partial charge in [-0.1, -0.05) is 12.1 Å². The van der Waals surface area contributed by atoms with Crippen molar-refractivity contribution in [3.8, 4) is 0 Å². The Morgan fingerprint density at radius 2 is 1.82 bits per heavy atom. The fourth-order valence-electron chi connectivity index (χ4n) is 1.57. The predicted molar refractivity (Wildman–Crippen MR) is 66.5 cm³/mol. The van der Waals surface area contributed by atoms with E-state index in [9.17, 15) is 9.18 Å². The molecule has 0 aliphatic heterocycles. The second kappa shape index (κ2) is 6.35. The number of nitrogens with zero attached hydrogens (tertiary/aromatic N) is 2. The highest BCUT2D eigenvalue weighted by Crippen LogP contribution is 2.09. The van der Waals surface area contributed by atoms with E-state index >= 15 is 0 Å². The molecule has 0 fully saturated rings. The first-order chi connectivity index (χ1) is 8.02. The average molecular weight is 238 g/mol. The Kier molecular flexibility index (Phi) is 5.10. The molecule has 0 heterocycles. The van der Waals surface area contributed by atoms with Crippen molar-refractivity contribution in [2.24, 2.45) is 0 Å². The SMILES string of the molecule is CN(C)CCCN(C)C(=O)c1ccccc1F. The zero-order valence-corrected chi connectivity index (χ0v) is 10.6. The number of carbonyl (C=O) groups is 1. The van der Waals surface area contributed by atoms with E-state index in [1.165, 1.54) is 12.1 Å². The molecule has 0 aliphatic rings. The molecule has 0 spiro atoms. The topological polar surface area (TPSA) is 23.6 Å². The summed E-state index contributed by atoms with van der Waals surface area (Å²) in [6.45, 7) is 1.54. The Labute approximate surface area is 102 Å². The number of hydrogen-bond acceptors (Lipinski definition) is 2. The Bertz CT molecular complexity index is 379. The maximum atomic E-state index is 13.4. The third-order valence-corrected chi connectivity index (χ3v) is 2.55. The molecule has 0 N–H and O–H groups in total. The molecular weight excluding hydrogens is 219 g/mol. The maximum absolute atomic E-state index is 13.4. The maximum Gasteiger partial charge on any atom is 0.256 e. The summed E-state index contributed by atoms with van der Waals surface area (Å²) < 4.78 is 13.4. The first kappa shape index (κ1) is 13.6. The summed E-state index contributed by atoms with van der Waals surface area (Å²) in [7, 11) is 5.67. The van der Waals surface area contributed by atoms with Crippen molar-refractivity contribution in [1.82, 2.24) is 9.80 Å². The number of benzene rings is 1. The van der Waals surface area contributed by atoms with Gasteiger partial charge in [0, 0.05) is 13.6 Å². The van der Waals surface area contributed by atoms with E-state index in [1.807, 2.05) is 14.1 Å². The first-order valence-corrected chi connectivity index (χ1v) is 5.67. The molecule has 0 bridgehead atoms. The molecule has 0 unspecified atom stereocenters. The van der Waals surface area contributed by atoms with Crippen molar-refractivity contribution < 1.29 is 9.18 Å². The van der Waals surface area contributed by atoms with Gasteiger partial charge in [0.1, 0.15) is 5.82 Å². The summed E-state index contributed by atoms with van der Waals surface area (Å²) in [5.74, 6) is -0.723. The summed E-state index contributed by atoms with van der Waals surface area (Å²) in [6.07, 6.45) is 0.879. The Balaban J connectivity index is 2.55. The van der Waals surface area contributed by atoms with Crippen molar-refractivity contribution in [2.75, 3.05) is 34.2 Å². The van der Waals surface area contributed by atoms with Crippen LogP contribution < -0.4 is 0 Å². The molecule has 4 heteroatoms. The molecule has 94 valence electrons. The van der Waals surface area contributed by atoms with E-state index in [-0.39, 0.29) is 11.5 Å². The van der Waals surface area contributed by atoms with Gasteiger partial charge in [-0.2, -0.15) is 0 Å². The van der Waals surface area contributed by atoms with E-state index in [4.69, 9.17) is 0 Å². The second-order valence-electron chi connectivity index (χ2n) is 4.36. The van der Waals surface area contributed by atoms with E-state index in [1.54, 1.807) is 24.1 Å². The fraction of sp³-hybridized carbons (Fsp3) is 0.462. The second-order valence-corrected chi connectivity index (χ2v) is 4.36. The molecule has 1 amide bonds. The highest BCUT2D eigenvalue weighted by atomic mass is 19.1. The van der Waals surface area contributed by atoms with Crippen molar-refractivity contribution in [3.05, 3.63) is 35.6 Å². The van der Waals surface area contributed by atoms with Gasteiger partial charge >= 0.3 is 0 Å². The van der Waals surface area contributed by atoms with Crippen LogP contribution in [0.1, 0.15) is 16.8 Å². The largest absolute Gasteiger partial charge is 0.342 e. The van der Waals surface area contributed by atoms with Crippen LogP contribution in [0.25, 0.3) is 0 Å². The summed E-state index contributed by atoms with van der Waals surface area (Å²) in [5.41, 5.74) is 0.139. The van der Waals surface area contributed by atoms with Crippen LogP contribution in [0.4, 0.5) is 4.39 Å². The zero-order chi connectivity index (χ0) is 12.8. The zero-order valence-electron chi connectivity index (χ0n) is 10.6. The lowest BCUT2D eigenvalue weighted by molar-refractivity contribution is 0.0786. The molecule has 0 saturated heterocycles. The molecular formula is C13H19FN2O. The number of amides is 1. The van der Waals surface area contributed by atoms with Gasteiger partial charge < -0.3 is 9.80 Å². The monoisotopic (exact) mass is 238 g/mol. The van der Waals surface area contributed by atoms with Gasteiger partial charge in [-0.3, -0.25) is 4.79 Å². The smallest absolute Gasteiger partial charge is 0.256 e. The standard InChI is InChI=1S/C13H19FN2O/c1-15(2)9-6-10-16(3)13(17)11-7-4-5-8-12(11)14/h4-5,7-8H,6,9-10H2,1-3H3. The van der Waals surface area contributed by atoms with E-state index in [0.29, 0.717) is 6.54 Å². The summed E-state index contributed by atoms with van der Waals surface area (Å²) in [6, 6.07) is 6.07. The summed E-state index contributed by atoms with van der Waals surface area (Å²) in [5, 5.41) is 0. The minimum Gasteiger partial charge on any atom is -0.342 e. The van der Waals surface area contributed by atoms with Gasteiger partial charge in [-0.15, -0.1) is 0 Å². The van der Waals surface area contributed by atoms with Crippen molar-refractivity contribution >= 4 is 5.91 Å². The van der Waals surface area contributed by atoms with Gasteiger partial charge in [0.2, 0.25) is 0 Å². The summed E-state index contributed by atoms with van der Waals surface area (Å²) >= 11 is 0. The molecule has 1 aromatic rings. The lowest BCUT2D eigenvalue weighted by Crippen LogP contribution is -2.30. The molecule has 0 aromatic heterocycles. The van der Waals surface area contributed by atoms with Crippen LogP contribution in [0, 0.1) is 5.82 Å². The Morgan fingerprint density at radius 1 is 1.18 bits per heavy atom. The quantitative estimate of drug-likeness (QED) is 0.781. The Morgan fingerprint density at radius 3 is 2.41 bits per heavy atom. The molecule has 1 rings (SSSR count). The van der Waals surface area contributed by atoms with Crippen LogP contribution in [0.2, 0.25) is 0 Å². The number of halogens is 1. The highest BCUT2D eigenvalue weighted by molar-refractivity contribution is 5.94. The molecule has 0 saturated carbocycles. The van der Waals surface area contributed by atoms with E-state index in [2.05, 4.69) is 4.90 Å². The average Bonchev–Trinajstić information content (AvgIpc) is 2.28. The van der Waals surface area contributed by atoms with Crippen LogP contribution >= 0.6 is 0 Å². The van der Waals surface area contributed by atoms with E-state index < -0.39 is 5.82 Å². The molecule has 0 atom stereocenters. The summed E-state index contributed by atoms with van der Waals surface area (Å²) in [4.78, 5) is 15.5. The minimum atomic E-state index is -0.461. The number of hydrogen-bond donors (Lipinski definition) is 0. The van der Waals surface area contributed by atoms with Crippen LogP contribution in [0.3, 0.4) is 0 Å². The van der Waals surface area contributed by atoms with Crippen LogP contribution in [0.5, 0.6) is 0 Å². The molecule has 3 nitrogen and oxygen atoms in total. The molecule has 17 heavy (non-hydrogen) atoms. The van der Waals surface area contributed by atoms with Gasteiger partial charge in [0.05, 0.1) is 5.56 Å². The van der Waals surface area contributed by atoms with Crippen LogP contribution in [0.15, 0.2) is 24.3 Å². The first-order valence-electron chi connectivity index (χ1n) is 5.67. The third-order valence-electron chi connectivity index (χ3n) is 2.55. The number of rotatable bonds is 5. The minimum absolute atomic E-state index is 0.139. The Hall–Kier alpha value is -1.42. The van der Waals surface area contributed by atoms with Gasteiger partial charge in [0.25, 0.3) is 5.91 Å². The van der Waals surface area contributed by atoms with Gasteiger partial charge in [-0.25, -0.2) is 4.39 Å².